The van der Waals surface area contributed by atoms with Crippen LogP contribution in [0.4, 0.5) is 23.3 Å². The molecule has 0 bridgehead atoms. The van der Waals surface area contributed by atoms with Crippen molar-refractivity contribution in [2.75, 3.05) is 49.7 Å². The summed E-state index contributed by atoms with van der Waals surface area (Å²) in [7, 11) is 6.00. The van der Waals surface area contributed by atoms with E-state index in [1.807, 2.05) is 0 Å². The van der Waals surface area contributed by atoms with Crippen LogP contribution in [0, 0.1) is 0 Å². The number of hydrogen-bond donors (Lipinski definition) is 4. The molecule has 1 heterocycles. The third-order valence-corrected chi connectivity index (χ3v) is 7.23. The van der Waals surface area contributed by atoms with Gasteiger partial charge in [0.15, 0.2) is 23.3 Å². The van der Waals surface area contributed by atoms with E-state index in [0.717, 1.165) is 0 Å². The zero-order chi connectivity index (χ0) is 35.6. The number of ether oxygens (including phenoxy) is 4. The third-order valence-electron chi connectivity index (χ3n) is 7.23. The lowest BCUT2D eigenvalue weighted by molar-refractivity contribution is 0.101. The molecule has 0 saturated heterocycles. The van der Waals surface area contributed by atoms with Gasteiger partial charge in [-0.05, 0) is 97.1 Å². The lowest BCUT2D eigenvalue weighted by Gasteiger charge is -2.17. The van der Waals surface area contributed by atoms with Crippen LogP contribution in [0.15, 0.2) is 97.1 Å². The zero-order valence-corrected chi connectivity index (χ0v) is 27.4. The highest BCUT2D eigenvalue weighted by atomic mass is 16.5. The van der Waals surface area contributed by atoms with Gasteiger partial charge < -0.3 is 40.2 Å². The van der Waals surface area contributed by atoms with Crippen LogP contribution in [0.3, 0.4) is 0 Å². The maximum absolute atomic E-state index is 13.4. The van der Waals surface area contributed by atoms with Gasteiger partial charge in [-0.15, -0.1) is 0 Å². The van der Waals surface area contributed by atoms with Crippen molar-refractivity contribution in [3.63, 3.8) is 0 Å². The molecule has 50 heavy (non-hydrogen) atoms. The van der Waals surface area contributed by atoms with Crippen molar-refractivity contribution in [1.29, 1.82) is 0 Å². The Morgan fingerprint density at radius 1 is 0.360 bits per heavy atom. The molecule has 4 aromatic carbocycles. The highest BCUT2D eigenvalue weighted by Gasteiger charge is 2.23. The molecule has 5 aromatic rings. The average Bonchev–Trinajstić information content (AvgIpc) is 3.16. The molecule has 0 fully saturated rings. The highest BCUT2D eigenvalue weighted by molar-refractivity contribution is 6.12. The van der Waals surface area contributed by atoms with Crippen LogP contribution < -0.4 is 40.2 Å². The van der Waals surface area contributed by atoms with Gasteiger partial charge in [0, 0.05) is 22.3 Å². The van der Waals surface area contributed by atoms with Crippen LogP contribution in [0.5, 0.6) is 23.0 Å². The molecule has 254 valence electrons. The van der Waals surface area contributed by atoms with Crippen LogP contribution in [-0.2, 0) is 0 Å². The van der Waals surface area contributed by atoms with Crippen LogP contribution >= 0.6 is 0 Å². The number of rotatable bonds is 12. The quantitative estimate of drug-likeness (QED) is 0.131. The van der Waals surface area contributed by atoms with Crippen molar-refractivity contribution in [3.05, 3.63) is 119 Å². The molecule has 0 atom stereocenters. The second-order valence-corrected chi connectivity index (χ2v) is 10.3. The molecule has 0 aliphatic heterocycles. The third kappa shape index (κ3) is 8.30. The number of benzene rings is 4. The maximum atomic E-state index is 13.4. The van der Waals surface area contributed by atoms with Gasteiger partial charge in [0.2, 0.25) is 0 Å². The fraction of sp³-hybridized carbons (Fsp3) is 0.111. The summed E-state index contributed by atoms with van der Waals surface area (Å²) in [5, 5.41) is 10.6. The summed E-state index contributed by atoms with van der Waals surface area (Å²) in [5.41, 5.74) is 0.947. The maximum Gasteiger partial charge on any atom is 0.256 e. The fourth-order valence-electron chi connectivity index (χ4n) is 4.47. The van der Waals surface area contributed by atoms with E-state index in [0.29, 0.717) is 23.0 Å². The van der Waals surface area contributed by atoms with Crippen molar-refractivity contribution < 1.29 is 38.1 Å². The van der Waals surface area contributed by atoms with Crippen LogP contribution in [0.25, 0.3) is 0 Å². The molecule has 14 nitrogen and oxygen atoms in total. The first-order chi connectivity index (χ1) is 24.2. The van der Waals surface area contributed by atoms with Gasteiger partial charge in [0.05, 0.1) is 28.4 Å². The van der Waals surface area contributed by atoms with E-state index in [-0.39, 0.29) is 45.5 Å². The number of aromatic nitrogens is 2. The second kappa shape index (κ2) is 15.8. The molecule has 1 aromatic heterocycles. The normalized spacial score (nSPS) is 10.3. The first-order valence-corrected chi connectivity index (χ1v) is 14.9. The largest absolute Gasteiger partial charge is 0.497 e. The summed E-state index contributed by atoms with van der Waals surface area (Å²) in [5.74, 6) is -1.17. The molecular weight excluding hydrogens is 644 g/mol. The lowest BCUT2D eigenvalue weighted by Crippen LogP contribution is -2.23. The molecule has 0 aliphatic carbocycles. The number of amides is 4. The van der Waals surface area contributed by atoms with E-state index in [2.05, 4.69) is 31.2 Å². The van der Waals surface area contributed by atoms with Gasteiger partial charge in [0.1, 0.15) is 23.0 Å². The Bertz CT molecular complexity index is 1710. The number of anilines is 4. The highest BCUT2D eigenvalue weighted by Crippen LogP contribution is 2.29. The summed E-state index contributed by atoms with van der Waals surface area (Å²) < 4.78 is 20.7. The van der Waals surface area contributed by atoms with Gasteiger partial charge in [0.25, 0.3) is 23.6 Å². The molecular formula is C36H32N6O8. The zero-order valence-electron chi connectivity index (χ0n) is 27.4. The van der Waals surface area contributed by atoms with E-state index in [4.69, 9.17) is 18.9 Å². The molecule has 0 aliphatic rings. The number of methoxy groups -OCH3 is 4. The Labute approximate surface area is 286 Å². The number of nitrogens with one attached hydrogen (secondary N) is 4. The Hall–Kier alpha value is -6.96. The van der Waals surface area contributed by atoms with Crippen LogP contribution in [0.2, 0.25) is 0 Å². The number of nitrogens with zero attached hydrogens (tertiary/aromatic N) is 2. The van der Waals surface area contributed by atoms with Crippen molar-refractivity contribution >= 4 is 46.9 Å². The minimum atomic E-state index is -0.607. The minimum absolute atomic E-state index is 0.222. The molecule has 0 saturated carbocycles. The number of carbonyl (C=O) groups is 4. The van der Waals surface area contributed by atoms with Gasteiger partial charge in [-0.25, -0.2) is 9.97 Å². The molecule has 14 heteroatoms. The predicted molar refractivity (Wildman–Crippen MR) is 186 cm³/mol. The minimum Gasteiger partial charge on any atom is -0.497 e. The Balaban J connectivity index is 1.56. The van der Waals surface area contributed by atoms with Gasteiger partial charge in [-0.3, -0.25) is 19.2 Å². The second-order valence-electron chi connectivity index (χ2n) is 10.3. The summed E-state index contributed by atoms with van der Waals surface area (Å²) in [6, 6.07) is 25.1. The van der Waals surface area contributed by atoms with Crippen molar-refractivity contribution in [2.45, 2.75) is 0 Å². The Kier molecular flexibility index (Phi) is 10.8. The monoisotopic (exact) mass is 676 g/mol. The summed E-state index contributed by atoms with van der Waals surface area (Å²) in [6.45, 7) is 0. The first-order valence-electron chi connectivity index (χ1n) is 14.9. The van der Waals surface area contributed by atoms with Crippen LogP contribution in [-0.4, -0.2) is 62.0 Å². The van der Waals surface area contributed by atoms with E-state index >= 15 is 0 Å². The summed E-state index contributed by atoms with van der Waals surface area (Å²) in [4.78, 5) is 62.5. The van der Waals surface area contributed by atoms with Gasteiger partial charge in [-0.2, -0.15) is 0 Å². The topological polar surface area (TPSA) is 179 Å². The van der Waals surface area contributed by atoms with Crippen LogP contribution in [0.1, 0.15) is 41.4 Å². The number of hydrogen-bond acceptors (Lipinski definition) is 10. The SMILES string of the molecule is COc1ccc(C(=O)Nc2nc(NC(=O)c3ccc(OC)cc3)c(NC(=O)c3ccc(OC)cc3)nc2NC(=O)c2ccc(OC)cc2)cc1. The van der Waals surface area contributed by atoms with Gasteiger partial charge in [-0.1, -0.05) is 0 Å². The van der Waals surface area contributed by atoms with Crippen molar-refractivity contribution in [3.8, 4) is 23.0 Å². The van der Waals surface area contributed by atoms with E-state index in [1.165, 1.54) is 77.0 Å². The smallest absolute Gasteiger partial charge is 0.256 e. The van der Waals surface area contributed by atoms with Gasteiger partial charge >= 0.3 is 0 Å². The molecule has 0 unspecified atom stereocenters. The van der Waals surface area contributed by atoms with Crippen molar-refractivity contribution in [2.24, 2.45) is 0 Å². The molecule has 0 radical (unpaired) electrons. The van der Waals surface area contributed by atoms with E-state index in [9.17, 15) is 19.2 Å². The molecule has 4 N–H and O–H groups in total. The molecule has 5 rings (SSSR count). The molecule has 0 spiro atoms. The van der Waals surface area contributed by atoms with E-state index in [1.54, 1.807) is 48.5 Å². The lowest BCUT2D eigenvalue weighted by atomic mass is 10.2. The number of carbonyl (C=O) groups excluding carboxylic acids is 4. The fourth-order valence-corrected chi connectivity index (χ4v) is 4.47. The van der Waals surface area contributed by atoms with E-state index < -0.39 is 23.6 Å². The van der Waals surface area contributed by atoms with Crippen molar-refractivity contribution in [1.82, 2.24) is 9.97 Å². The molecule has 4 amide bonds. The Morgan fingerprint density at radius 2 is 0.540 bits per heavy atom. The summed E-state index contributed by atoms with van der Waals surface area (Å²) in [6.07, 6.45) is 0. The predicted octanol–water partition coefficient (Wildman–Crippen LogP) is 5.52. The Morgan fingerprint density at radius 3 is 0.700 bits per heavy atom. The standard InChI is InChI=1S/C36H32N6O8/c1-47-25-13-5-21(6-14-25)33(43)39-29-30(40-34(44)22-7-15-26(48-2)16-8-22)38-32(42-36(46)24-11-19-28(50-4)20-12-24)31(37-29)41-35(45)23-9-17-27(49-3)18-10-23/h5-20H,1-4H3,(H2,37,39,41,43,45)(H2,38,40,42,44,46). The first kappa shape index (κ1) is 34.4. The summed E-state index contributed by atoms with van der Waals surface area (Å²) >= 11 is 0. The average molecular weight is 677 g/mol.